The molecule has 1 aliphatic carbocycles. The highest BCUT2D eigenvalue weighted by atomic mass is 35.5. The number of ether oxygens (including phenoxy) is 1. The molecule has 0 heterocycles. The summed E-state index contributed by atoms with van der Waals surface area (Å²) in [6.07, 6.45) is 2.07. The van der Waals surface area contributed by atoms with Crippen LogP contribution in [0.3, 0.4) is 0 Å². The van der Waals surface area contributed by atoms with Gasteiger partial charge < -0.3 is 10.5 Å². The zero-order valence-corrected chi connectivity index (χ0v) is 8.53. The molecule has 2 N–H and O–H groups in total. The van der Waals surface area contributed by atoms with Gasteiger partial charge in [0.1, 0.15) is 5.75 Å². The quantitative estimate of drug-likeness (QED) is 0.702. The molecule has 0 aromatic heterocycles. The summed E-state index contributed by atoms with van der Waals surface area (Å²) < 4.78 is 5.21. The standard InChI is InChI=1S/C10H12ClNO/c1-5-9(12)7-4-3-6(7)8(11)10(5)13-2/h3-4,12H2,1-2H3. The molecule has 1 aromatic carbocycles. The third kappa shape index (κ3) is 1.02. The molecule has 0 spiro atoms. The Bertz CT molecular complexity index is 351. The van der Waals surface area contributed by atoms with Crippen molar-refractivity contribution in [2.24, 2.45) is 0 Å². The lowest BCUT2D eigenvalue weighted by molar-refractivity contribution is 0.411. The smallest absolute Gasteiger partial charge is 0.142 e. The average molecular weight is 198 g/mol. The number of fused-ring (bicyclic) bond motifs is 1. The monoisotopic (exact) mass is 197 g/mol. The highest BCUT2D eigenvalue weighted by molar-refractivity contribution is 6.33. The molecule has 13 heavy (non-hydrogen) atoms. The molecule has 3 heteroatoms. The summed E-state index contributed by atoms with van der Waals surface area (Å²) in [6, 6.07) is 0. The van der Waals surface area contributed by atoms with Gasteiger partial charge in [-0.15, -0.1) is 0 Å². The highest BCUT2D eigenvalue weighted by Gasteiger charge is 2.25. The lowest BCUT2D eigenvalue weighted by Gasteiger charge is -2.25. The molecule has 0 saturated heterocycles. The Morgan fingerprint density at radius 1 is 1.31 bits per heavy atom. The second kappa shape index (κ2) is 2.81. The summed E-state index contributed by atoms with van der Waals surface area (Å²) >= 11 is 6.15. The first-order valence-corrected chi connectivity index (χ1v) is 4.68. The van der Waals surface area contributed by atoms with Gasteiger partial charge >= 0.3 is 0 Å². The van der Waals surface area contributed by atoms with E-state index in [1.165, 1.54) is 11.1 Å². The molecule has 0 fully saturated rings. The number of hydrogen-bond acceptors (Lipinski definition) is 2. The minimum absolute atomic E-state index is 0.734. The zero-order chi connectivity index (χ0) is 9.59. The van der Waals surface area contributed by atoms with Crippen LogP contribution >= 0.6 is 11.6 Å². The van der Waals surface area contributed by atoms with E-state index in [1.54, 1.807) is 7.11 Å². The van der Waals surface area contributed by atoms with Gasteiger partial charge in [-0.2, -0.15) is 0 Å². The lowest BCUT2D eigenvalue weighted by Crippen LogP contribution is -2.14. The third-order valence-corrected chi connectivity index (χ3v) is 3.13. The molecular formula is C10H12ClNO. The van der Waals surface area contributed by atoms with Gasteiger partial charge in [0.15, 0.2) is 0 Å². The van der Waals surface area contributed by atoms with Crippen LogP contribution in [0.25, 0.3) is 0 Å². The summed E-state index contributed by atoms with van der Waals surface area (Å²) in [7, 11) is 1.62. The van der Waals surface area contributed by atoms with Crippen molar-refractivity contribution in [3.63, 3.8) is 0 Å². The number of nitrogen functional groups attached to an aromatic ring is 1. The molecule has 1 aliphatic rings. The fourth-order valence-corrected chi connectivity index (χ4v) is 2.23. The minimum atomic E-state index is 0.734. The maximum atomic E-state index is 6.15. The Hall–Kier alpha value is -0.890. The maximum absolute atomic E-state index is 6.15. The maximum Gasteiger partial charge on any atom is 0.142 e. The Morgan fingerprint density at radius 2 is 1.92 bits per heavy atom. The van der Waals surface area contributed by atoms with E-state index in [1.807, 2.05) is 6.92 Å². The van der Waals surface area contributed by atoms with Crippen molar-refractivity contribution < 1.29 is 4.74 Å². The van der Waals surface area contributed by atoms with E-state index in [0.717, 1.165) is 34.9 Å². The Labute approximate surface area is 82.6 Å². The van der Waals surface area contributed by atoms with Crippen LogP contribution in [0.4, 0.5) is 5.69 Å². The van der Waals surface area contributed by atoms with Gasteiger partial charge in [-0.25, -0.2) is 0 Å². The molecule has 0 unspecified atom stereocenters. The fourth-order valence-electron chi connectivity index (χ4n) is 1.81. The first kappa shape index (κ1) is 8.70. The van der Waals surface area contributed by atoms with Crippen LogP contribution in [0.1, 0.15) is 16.7 Å². The Morgan fingerprint density at radius 3 is 2.38 bits per heavy atom. The number of hydrogen-bond donors (Lipinski definition) is 1. The van der Waals surface area contributed by atoms with Crippen LogP contribution in [-0.2, 0) is 12.8 Å². The van der Waals surface area contributed by atoms with E-state index in [4.69, 9.17) is 22.1 Å². The van der Waals surface area contributed by atoms with E-state index in [2.05, 4.69) is 0 Å². The van der Waals surface area contributed by atoms with Gasteiger partial charge in [-0.05, 0) is 30.9 Å². The summed E-state index contributed by atoms with van der Waals surface area (Å²) in [5.41, 5.74) is 10.1. The summed E-state index contributed by atoms with van der Waals surface area (Å²) in [5.74, 6) is 0.734. The zero-order valence-electron chi connectivity index (χ0n) is 7.78. The van der Waals surface area contributed by atoms with Crippen LogP contribution in [0.15, 0.2) is 0 Å². The summed E-state index contributed by atoms with van der Waals surface area (Å²) in [5, 5.41) is 0.746. The largest absolute Gasteiger partial charge is 0.495 e. The van der Waals surface area contributed by atoms with Gasteiger partial charge in [-0.1, -0.05) is 11.6 Å². The average Bonchev–Trinajstić information content (AvgIpc) is 2.01. The molecule has 0 aliphatic heterocycles. The molecule has 0 atom stereocenters. The van der Waals surface area contributed by atoms with E-state index in [9.17, 15) is 0 Å². The van der Waals surface area contributed by atoms with Crippen molar-refractivity contribution >= 4 is 17.3 Å². The van der Waals surface area contributed by atoms with E-state index in [0.29, 0.717) is 0 Å². The lowest BCUT2D eigenvalue weighted by atomic mass is 9.85. The predicted octanol–water partition coefficient (Wildman–Crippen LogP) is 2.34. The summed E-state index contributed by atoms with van der Waals surface area (Å²) in [4.78, 5) is 0. The van der Waals surface area contributed by atoms with Crippen molar-refractivity contribution in [3.8, 4) is 5.75 Å². The first-order valence-electron chi connectivity index (χ1n) is 4.30. The topological polar surface area (TPSA) is 35.2 Å². The second-order valence-corrected chi connectivity index (χ2v) is 3.72. The number of benzene rings is 1. The molecule has 70 valence electrons. The molecule has 1 aromatic rings. The van der Waals surface area contributed by atoms with Crippen molar-refractivity contribution in [3.05, 3.63) is 21.7 Å². The van der Waals surface area contributed by atoms with Crippen LogP contribution in [0.2, 0.25) is 5.02 Å². The van der Waals surface area contributed by atoms with Crippen molar-refractivity contribution in [2.75, 3.05) is 12.8 Å². The molecule has 2 nitrogen and oxygen atoms in total. The van der Waals surface area contributed by atoms with Crippen LogP contribution in [0, 0.1) is 6.92 Å². The number of halogens is 1. The minimum Gasteiger partial charge on any atom is -0.495 e. The third-order valence-electron chi connectivity index (χ3n) is 2.73. The van der Waals surface area contributed by atoms with Crippen LogP contribution in [-0.4, -0.2) is 7.11 Å². The molecule has 0 amide bonds. The van der Waals surface area contributed by atoms with Gasteiger partial charge in [0, 0.05) is 11.3 Å². The van der Waals surface area contributed by atoms with E-state index >= 15 is 0 Å². The summed E-state index contributed by atoms with van der Waals surface area (Å²) in [6.45, 7) is 1.94. The molecule has 2 rings (SSSR count). The Kier molecular flexibility index (Phi) is 1.88. The highest BCUT2D eigenvalue weighted by Crippen LogP contribution is 2.43. The molecular weight excluding hydrogens is 186 g/mol. The fraction of sp³-hybridized carbons (Fsp3) is 0.400. The molecule has 0 bridgehead atoms. The van der Waals surface area contributed by atoms with Crippen LogP contribution < -0.4 is 10.5 Å². The van der Waals surface area contributed by atoms with Crippen molar-refractivity contribution in [2.45, 2.75) is 19.8 Å². The van der Waals surface area contributed by atoms with Gasteiger partial charge in [0.2, 0.25) is 0 Å². The van der Waals surface area contributed by atoms with E-state index < -0.39 is 0 Å². The number of nitrogens with two attached hydrogens (primary N) is 1. The van der Waals surface area contributed by atoms with Gasteiger partial charge in [0.25, 0.3) is 0 Å². The first-order chi connectivity index (χ1) is 6.16. The normalized spacial score (nSPS) is 13.5. The molecule has 0 radical (unpaired) electrons. The van der Waals surface area contributed by atoms with Crippen LogP contribution in [0.5, 0.6) is 5.75 Å². The SMILES string of the molecule is COc1c(C)c(N)c2c(c1Cl)CC2. The van der Waals surface area contributed by atoms with Gasteiger partial charge in [-0.3, -0.25) is 0 Å². The number of rotatable bonds is 1. The van der Waals surface area contributed by atoms with E-state index in [-0.39, 0.29) is 0 Å². The number of anilines is 1. The van der Waals surface area contributed by atoms with Gasteiger partial charge in [0.05, 0.1) is 12.1 Å². The predicted molar refractivity (Wildman–Crippen MR) is 54.6 cm³/mol. The van der Waals surface area contributed by atoms with Crippen molar-refractivity contribution in [1.82, 2.24) is 0 Å². The molecule has 0 saturated carbocycles. The van der Waals surface area contributed by atoms with Crippen molar-refractivity contribution in [1.29, 1.82) is 0 Å². The second-order valence-electron chi connectivity index (χ2n) is 3.34. The Balaban J connectivity index is 2.72. The number of methoxy groups -OCH3 is 1.